The molecule has 0 bridgehead atoms. The van der Waals surface area contributed by atoms with Crippen molar-refractivity contribution in [2.45, 2.75) is 33.6 Å². The van der Waals surface area contributed by atoms with Crippen molar-refractivity contribution < 1.29 is 4.79 Å². The fourth-order valence-electron chi connectivity index (χ4n) is 2.58. The highest BCUT2D eigenvalue weighted by Gasteiger charge is 2.19. The first-order valence-corrected chi connectivity index (χ1v) is 8.66. The number of carbonyl (C=O) groups excluding carboxylic acids is 1. The van der Waals surface area contributed by atoms with E-state index in [0.717, 1.165) is 50.6 Å². The van der Waals surface area contributed by atoms with Gasteiger partial charge in [-0.3, -0.25) is 0 Å². The molecular formula is C15H26N4OS. The molecule has 0 unspecified atom stereocenters. The first-order valence-electron chi connectivity index (χ1n) is 7.84. The summed E-state index contributed by atoms with van der Waals surface area (Å²) in [6.45, 7) is 11.8. The maximum Gasteiger partial charge on any atom is 0.317 e. The van der Waals surface area contributed by atoms with Crippen LogP contribution in [0.1, 0.15) is 29.4 Å². The van der Waals surface area contributed by atoms with Crippen molar-refractivity contribution >= 4 is 17.4 Å². The van der Waals surface area contributed by atoms with Crippen LogP contribution in [0.3, 0.4) is 0 Å². The first kappa shape index (κ1) is 16.2. The second-order valence-electron chi connectivity index (χ2n) is 5.37. The summed E-state index contributed by atoms with van der Waals surface area (Å²) in [5, 5.41) is 4.14. The molecule has 1 aliphatic heterocycles. The molecule has 5 nitrogen and oxygen atoms in total. The second kappa shape index (κ2) is 7.75. The highest BCUT2D eigenvalue weighted by Crippen LogP contribution is 2.17. The SMILES string of the molecule is CCc1nc(CCNC(=O)N2CCN(CC)CC2)sc1C. The largest absolute Gasteiger partial charge is 0.338 e. The maximum atomic E-state index is 12.1. The van der Waals surface area contributed by atoms with E-state index in [2.05, 4.69) is 36.0 Å². The highest BCUT2D eigenvalue weighted by atomic mass is 32.1. The van der Waals surface area contributed by atoms with Crippen LogP contribution < -0.4 is 5.32 Å². The van der Waals surface area contributed by atoms with Gasteiger partial charge in [0.25, 0.3) is 0 Å². The van der Waals surface area contributed by atoms with Crippen molar-refractivity contribution in [3.05, 3.63) is 15.6 Å². The van der Waals surface area contributed by atoms with Gasteiger partial charge in [0.2, 0.25) is 0 Å². The topological polar surface area (TPSA) is 48.5 Å². The Kier molecular flexibility index (Phi) is 5.99. The van der Waals surface area contributed by atoms with E-state index in [-0.39, 0.29) is 6.03 Å². The molecular weight excluding hydrogens is 284 g/mol. The number of piperazine rings is 1. The Morgan fingerprint density at radius 1 is 1.29 bits per heavy atom. The molecule has 2 rings (SSSR count). The lowest BCUT2D eigenvalue weighted by molar-refractivity contribution is 0.143. The normalized spacial score (nSPS) is 16.2. The Morgan fingerprint density at radius 3 is 2.57 bits per heavy atom. The summed E-state index contributed by atoms with van der Waals surface area (Å²) >= 11 is 1.75. The van der Waals surface area contributed by atoms with Gasteiger partial charge in [-0.2, -0.15) is 0 Å². The Balaban J connectivity index is 1.71. The molecule has 6 heteroatoms. The lowest BCUT2D eigenvalue weighted by Crippen LogP contribution is -2.51. The number of nitrogens with one attached hydrogen (secondary N) is 1. The van der Waals surface area contributed by atoms with Gasteiger partial charge in [-0.05, 0) is 19.9 Å². The third-order valence-corrected chi connectivity index (χ3v) is 5.07. The van der Waals surface area contributed by atoms with Crippen LogP contribution in [0.2, 0.25) is 0 Å². The van der Waals surface area contributed by atoms with Crippen LogP contribution in [-0.2, 0) is 12.8 Å². The molecule has 21 heavy (non-hydrogen) atoms. The van der Waals surface area contributed by atoms with Gasteiger partial charge < -0.3 is 15.1 Å². The summed E-state index contributed by atoms with van der Waals surface area (Å²) in [5.74, 6) is 0. The monoisotopic (exact) mass is 310 g/mol. The van der Waals surface area contributed by atoms with Crippen molar-refractivity contribution in [3.63, 3.8) is 0 Å². The molecule has 1 fully saturated rings. The fraction of sp³-hybridized carbons (Fsp3) is 0.733. The second-order valence-corrected chi connectivity index (χ2v) is 6.66. The van der Waals surface area contributed by atoms with Crippen molar-refractivity contribution in [2.75, 3.05) is 39.3 Å². The summed E-state index contributed by atoms with van der Waals surface area (Å²) in [6.07, 6.45) is 1.81. The molecule has 0 atom stereocenters. The van der Waals surface area contributed by atoms with E-state index in [0.29, 0.717) is 6.54 Å². The van der Waals surface area contributed by atoms with Crippen molar-refractivity contribution in [2.24, 2.45) is 0 Å². The molecule has 2 amide bonds. The smallest absolute Gasteiger partial charge is 0.317 e. The number of urea groups is 1. The zero-order valence-corrected chi connectivity index (χ0v) is 14.1. The summed E-state index contributed by atoms with van der Waals surface area (Å²) < 4.78 is 0. The van der Waals surface area contributed by atoms with Gasteiger partial charge >= 0.3 is 6.03 Å². The number of amides is 2. The number of hydrogen-bond donors (Lipinski definition) is 1. The molecule has 1 N–H and O–H groups in total. The van der Waals surface area contributed by atoms with Gasteiger partial charge in [-0.15, -0.1) is 11.3 Å². The quantitative estimate of drug-likeness (QED) is 0.904. The zero-order chi connectivity index (χ0) is 15.2. The van der Waals surface area contributed by atoms with E-state index in [1.807, 2.05) is 4.90 Å². The predicted octanol–water partition coefficient (Wildman–Crippen LogP) is 1.90. The zero-order valence-electron chi connectivity index (χ0n) is 13.3. The van der Waals surface area contributed by atoms with Gasteiger partial charge in [0.05, 0.1) is 10.7 Å². The lowest BCUT2D eigenvalue weighted by Gasteiger charge is -2.33. The minimum absolute atomic E-state index is 0.0646. The molecule has 0 aromatic carbocycles. The number of rotatable bonds is 5. The van der Waals surface area contributed by atoms with Gasteiger partial charge in [0.1, 0.15) is 0 Å². The van der Waals surface area contributed by atoms with Gasteiger partial charge in [0, 0.05) is 44.0 Å². The number of likely N-dealkylation sites (N-methyl/N-ethyl adjacent to an activating group) is 1. The number of thiazole rings is 1. The summed E-state index contributed by atoms with van der Waals surface area (Å²) in [7, 11) is 0. The average molecular weight is 310 g/mol. The summed E-state index contributed by atoms with van der Waals surface area (Å²) in [5.41, 5.74) is 1.19. The lowest BCUT2D eigenvalue weighted by atomic mass is 10.3. The molecule has 1 aromatic heterocycles. The van der Waals surface area contributed by atoms with Crippen LogP contribution in [-0.4, -0.2) is 60.1 Å². The van der Waals surface area contributed by atoms with Crippen LogP contribution in [0.25, 0.3) is 0 Å². The van der Waals surface area contributed by atoms with Gasteiger partial charge in [0.15, 0.2) is 0 Å². The summed E-state index contributed by atoms with van der Waals surface area (Å²) in [6, 6.07) is 0.0646. The minimum Gasteiger partial charge on any atom is -0.338 e. The number of carbonyl (C=O) groups is 1. The number of nitrogens with zero attached hydrogens (tertiary/aromatic N) is 3. The van der Waals surface area contributed by atoms with Gasteiger partial charge in [-0.1, -0.05) is 13.8 Å². The molecule has 0 spiro atoms. The minimum atomic E-state index is 0.0646. The van der Waals surface area contributed by atoms with Crippen molar-refractivity contribution in [1.82, 2.24) is 20.1 Å². The number of aromatic nitrogens is 1. The molecule has 2 heterocycles. The van der Waals surface area contributed by atoms with E-state index < -0.39 is 0 Å². The van der Waals surface area contributed by atoms with E-state index in [1.165, 1.54) is 10.6 Å². The Morgan fingerprint density at radius 2 is 2.00 bits per heavy atom. The maximum absolute atomic E-state index is 12.1. The van der Waals surface area contributed by atoms with Crippen molar-refractivity contribution in [3.8, 4) is 0 Å². The Labute approximate surface area is 131 Å². The number of hydrogen-bond acceptors (Lipinski definition) is 4. The molecule has 1 aliphatic rings. The van der Waals surface area contributed by atoms with Crippen LogP contribution in [0.15, 0.2) is 0 Å². The Hall–Kier alpha value is -1.14. The van der Waals surface area contributed by atoms with E-state index in [4.69, 9.17) is 0 Å². The van der Waals surface area contributed by atoms with Crippen molar-refractivity contribution in [1.29, 1.82) is 0 Å². The van der Waals surface area contributed by atoms with E-state index >= 15 is 0 Å². The molecule has 1 saturated heterocycles. The van der Waals surface area contributed by atoms with E-state index in [1.54, 1.807) is 11.3 Å². The summed E-state index contributed by atoms with van der Waals surface area (Å²) in [4.78, 5) is 22.3. The molecule has 1 aromatic rings. The third kappa shape index (κ3) is 4.41. The first-order chi connectivity index (χ1) is 10.1. The molecule has 0 aliphatic carbocycles. The Bertz CT molecular complexity index is 466. The van der Waals surface area contributed by atoms with Gasteiger partial charge in [-0.25, -0.2) is 9.78 Å². The fourth-order valence-corrected chi connectivity index (χ4v) is 3.60. The predicted molar refractivity (Wildman–Crippen MR) is 87.0 cm³/mol. The molecule has 118 valence electrons. The average Bonchev–Trinajstić information content (AvgIpc) is 2.87. The van der Waals surface area contributed by atoms with Crippen LogP contribution in [0.5, 0.6) is 0 Å². The third-order valence-electron chi connectivity index (χ3n) is 3.99. The highest BCUT2D eigenvalue weighted by molar-refractivity contribution is 7.11. The van der Waals surface area contributed by atoms with Crippen LogP contribution in [0.4, 0.5) is 4.79 Å². The van der Waals surface area contributed by atoms with E-state index in [9.17, 15) is 4.79 Å². The molecule has 0 radical (unpaired) electrons. The molecule has 0 saturated carbocycles. The standard InChI is InChI=1S/C15H26N4OS/c1-4-13-12(3)21-14(17-13)6-7-16-15(20)19-10-8-18(5-2)9-11-19/h4-11H2,1-3H3,(H,16,20). The number of aryl methyl sites for hydroxylation is 2. The van der Waals surface area contributed by atoms with Crippen LogP contribution >= 0.6 is 11.3 Å². The van der Waals surface area contributed by atoms with Crippen LogP contribution in [0, 0.1) is 6.92 Å².